The van der Waals surface area contributed by atoms with Crippen LogP contribution in [0, 0.1) is 0 Å². The van der Waals surface area contributed by atoms with Gasteiger partial charge in [-0.15, -0.1) is 0 Å². The van der Waals surface area contributed by atoms with Crippen LogP contribution >= 0.6 is 0 Å². The van der Waals surface area contributed by atoms with E-state index in [2.05, 4.69) is 15.2 Å². The lowest BCUT2D eigenvalue weighted by Crippen LogP contribution is -2.13. The summed E-state index contributed by atoms with van der Waals surface area (Å²) in [6.45, 7) is 1.09. The molecule has 1 aromatic heterocycles. The van der Waals surface area contributed by atoms with Crippen LogP contribution in [0.1, 0.15) is 11.1 Å². The van der Waals surface area contributed by atoms with Crippen molar-refractivity contribution in [3.05, 3.63) is 65.9 Å². The highest BCUT2D eigenvalue weighted by atomic mass is 16.5. The lowest BCUT2D eigenvalue weighted by molar-refractivity contribution is 0.155. The zero-order valence-corrected chi connectivity index (χ0v) is 13.9. The van der Waals surface area contributed by atoms with E-state index in [1.54, 1.807) is 0 Å². The van der Waals surface area contributed by atoms with Crippen LogP contribution < -0.4 is 5.32 Å². The molecule has 0 spiro atoms. The molecule has 3 rings (SSSR count). The highest BCUT2D eigenvalue weighted by molar-refractivity contribution is 5.91. The second-order valence-electron chi connectivity index (χ2n) is 6.00. The first-order valence-electron chi connectivity index (χ1n) is 7.84. The van der Waals surface area contributed by atoms with E-state index in [0.717, 1.165) is 28.7 Å². The molecule has 0 radical (unpaired) electrons. The van der Waals surface area contributed by atoms with E-state index < -0.39 is 6.09 Å². The second-order valence-corrected chi connectivity index (χ2v) is 6.00. The molecule has 124 valence electrons. The Morgan fingerprint density at radius 1 is 1.17 bits per heavy atom. The van der Waals surface area contributed by atoms with Crippen LogP contribution in [-0.2, 0) is 17.9 Å². The Balaban J connectivity index is 1.67. The minimum atomic E-state index is -0.456. The first kappa shape index (κ1) is 16.1. The Kier molecular flexibility index (Phi) is 4.82. The van der Waals surface area contributed by atoms with Crippen LogP contribution in [0.3, 0.4) is 0 Å². The highest BCUT2D eigenvalue weighted by Crippen LogP contribution is 2.23. The van der Waals surface area contributed by atoms with Gasteiger partial charge in [0.2, 0.25) is 0 Å². The van der Waals surface area contributed by atoms with Gasteiger partial charge in [-0.1, -0.05) is 30.3 Å². The van der Waals surface area contributed by atoms with E-state index in [9.17, 15) is 4.79 Å². The van der Waals surface area contributed by atoms with Crippen molar-refractivity contribution in [1.82, 2.24) is 9.88 Å². The molecule has 0 unspecified atom stereocenters. The van der Waals surface area contributed by atoms with Gasteiger partial charge in [-0.25, -0.2) is 4.79 Å². The average Bonchev–Trinajstić information content (AvgIpc) is 2.96. The molecule has 3 aromatic rings. The number of carbonyl (C=O) groups is 1. The molecule has 1 heterocycles. The van der Waals surface area contributed by atoms with E-state index >= 15 is 0 Å². The van der Waals surface area contributed by atoms with Crippen molar-refractivity contribution in [1.29, 1.82) is 0 Å². The van der Waals surface area contributed by atoms with Crippen molar-refractivity contribution in [2.24, 2.45) is 0 Å². The Labute approximate surface area is 141 Å². The summed E-state index contributed by atoms with van der Waals surface area (Å²) in [5.74, 6) is 0. The maximum Gasteiger partial charge on any atom is 0.411 e. The van der Waals surface area contributed by atoms with E-state index in [1.807, 2.05) is 68.8 Å². The molecular weight excluding hydrogens is 302 g/mol. The van der Waals surface area contributed by atoms with Crippen LogP contribution in [0.4, 0.5) is 10.5 Å². The van der Waals surface area contributed by atoms with Crippen molar-refractivity contribution < 1.29 is 9.53 Å². The topological polar surface area (TPSA) is 57.4 Å². The van der Waals surface area contributed by atoms with Crippen molar-refractivity contribution >= 4 is 22.7 Å². The molecule has 2 aromatic carbocycles. The van der Waals surface area contributed by atoms with Gasteiger partial charge < -0.3 is 14.6 Å². The number of nitrogens with zero attached hydrogens (tertiary/aromatic N) is 1. The number of benzene rings is 2. The molecule has 0 atom stereocenters. The summed E-state index contributed by atoms with van der Waals surface area (Å²) >= 11 is 0. The highest BCUT2D eigenvalue weighted by Gasteiger charge is 2.08. The summed E-state index contributed by atoms with van der Waals surface area (Å²) in [5.41, 5.74) is 3.92. The average molecular weight is 323 g/mol. The number of fused-ring (bicyclic) bond motifs is 1. The minimum Gasteiger partial charge on any atom is -0.444 e. The van der Waals surface area contributed by atoms with Gasteiger partial charge in [0.05, 0.1) is 0 Å². The molecule has 5 heteroatoms. The Bertz CT molecular complexity index is 825. The first-order valence-corrected chi connectivity index (χ1v) is 7.84. The molecule has 0 bridgehead atoms. The number of hydrogen-bond donors (Lipinski definition) is 2. The molecule has 0 aliphatic carbocycles. The third-order valence-corrected chi connectivity index (χ3v) is 3.71. The summed E-state index contributed by atoms with van der Waals surface area (Å²) in [5, 5.41) is 3.89. The van der Waals surface area contributed by atoms with Crippen molar-refractivity contribution in [3.8, 4) is 0 Å². The first-order chi connectivity index (χ1) is 11.6. The van der Waals surface area contributed by atoms with Crippen LogP contribution in [0.15, 0.2) is 54.7 Å². The van der Waals surface area contributed by atoms with Gasteiger partial charge in [-0.2, -0.15) is 0 Å². The van der Waals surface area contributed by atoms with Gasteiger partial charge in [0.1, 0.15) is 6.61 Å². The molecule has 24 heavy (non-hydrogen) atoms. The van der Waals surface area contributed by atoms with Gasteiger partial charge in [0.25, 0.3) is 0 Å². The summed E-state index contributed by atoms with van der Waals surface area (Å²) in [4.78, 5) is 17.3. The summed E-state index contributed by atoms with van der Waals surface area (Å²) in [6.07, 6.45) is 1.55. The molecule has 0 fully saturated rings. The van der Waals surface area contributed by atoms with Gasteiger partial charge in [0.15, 0.2) is 0 Å². The number of nitrogens with one attached hydrogen (secondary N) is 2. The molecule has 0 aliphatic heterocycles. The van der Waals surface area contributed by atoms with Crippen LogP contribution in [0.5, 0.6) is 0 Å². The number of aromatic nitrogens is 1. The molecule has 0 aliphatic rings. The number of aromatic amines is 1. The van der Waals surface area contributed by atoms with E-state index in [4.69, 9.17) is 4.74 Å². The maximum atomic E-state index is 12.0. The summed E-state index contributed by atoms with van der Waals surface area (Å²) < 4.78 is 5.25. The SMILES string of the molecule is CN(C)Cc1c[nH]c2ccc(NC(=O)OCc3ccccc3)cc12. The van der Waals surface area contributed by atoms with Crippen LogP contribution in [-0.4, -0.2) is 30.1 Å². The zero-order valence-electron chi connectivity index (χ0n) is 13.9. The minimum absolute atomic E-state index is 0.255. The molecule has 0 saturated heterocycles. The lowest BCUT2D eigenvalue weighted by atomic mass is 10.1. The fourth-order valence-electron chi connectivity index (χ4n) is 2.60. The number of amides is 1. The fraction of sp³-hybridized carbons (Fsp3) is 0.211. The number of hydrogen-bond acceptors (Lipinski definition) is 3. The van der Waals surface area contributed by atoms with Gasteiger partial charge in [-0.05, 0) is 43.4 Å². The maximum absolute atomic E-state index is 12.0. The molecule has 2 N–H and O–H groups in total. The number of carbonyl (C=O) groups excluding carboxylic acids is 1. The van der Waals surface area contributed by atoms with Gasteiger partial charge in [-0.3, -0.25) is 5.32 Å². The van der Waals surface area contributed by atoms with Crippen LogP contribution in [0.2, 0.25) is 0 Å². The Morgan fingerprint density at radius 3 is 2.71 bits per heavy atom. The predicted molar refractivity (Wildman–Crippen MR) is 95.9 cm³/mol. The van der Waals surface area contributed by atoms with E-state index in [1.165, 1.54) is 5.56 Å². The second kappa shape index (κ2) is 7.19. The van der Waals surface area contributed by atoms with E-state index in [-0.39, 0.29) is 6.61 Å². The third-order valence-electron chi connectivity index (χ3n) is 3.71. The van der Waals surface area contributed by atoms with Gasteiger partial charge in [0, 0.05) is 29.3 Å². The lowest BCUT2D eigenvalue weighted by Gasteiger charge is -2.10. The third kappa shape index (κ3) is 3.94. The van der Waals surface area contributed by atoms with Crippen molar-refractivity contribution in [2.75, 3.05) is 19.4 Å². The quantitative estimate of drug-likeness (QED) is 0.747. The summed E-state index contributed by atoms with van der Waals surface area (Å²) in [7, 11) is 4.06. The van der Waals surface area contributed by atoms with Crippen molar-refractivity contribution in [3.63, 3.8) is 0 Å². The zero-order chi connectivity index (χ0) is 16.9. The number of rotatable bonds is 5. The van der Waals surface area contributed by atoms with Gasteiger partial charge >= 0.3 is 6.09 Å². The predicted octanol–water partition coefficient (Wildman–Crippen LogP) is 3.98. The fourth-order valence-corrected chi connectivity index (χ4v) is 2.60. The molecule has 1 amide bonds. The Morgan fingerprint density at radius 2 is 1.96 bits per heavy atom. The normalized spacial score (nSPS) is 11.0. The van der Waals surface area contributed by atoms with E-state index in [0.29, 0.717) is 0 Å². The smallest absolute Gasteiger partial charge is 0.411 e. The van der Waals surface area contributed by atoms with Crippen LogP contribution in [0.25, 0.3) is 10.9 Å². The largest absolute Gasteiger partial charge is 0.444 e. The van der Waals surface area contributed by atoms with Crippen molar-refractivity contribution in [2.45, 2.75) is 13.2 Å². The molecule has 5 nitrogen and oxygen atoms in total. The number of anilines is 1. The number of ether oxygens (including phenoxy) is 1. The summed E-state index contributed by atoms with van der Waals surface area (Å²) in [6, 6.07) is 15.4. The Hall–Kier alpha value is -2.79. The molecular formula is C19H21N3O2. The number of H-pyrrole nitrogens is 1. The molecule has 0 saturated carbocycles. The monoisotopic (exact) mass is 323 g/mol. The standard InChI is InChI=1S/C19H21N3O2/c1-22(2)12-15-11-20-18-9-8-16(10-17(15)18)21-19(23)24-13-14-6-4-3-5-7-14/h3-11,20H,12-13H2,1-2H3,(H,21,23).